The van der Waals surface area contributed by atoms with Crippen molar-refractivity contribution in [1.29, 1.82) is 0 Å². The number of thiophene rings is 1. The molecule has 24 heavy (non-hydrogen) atoms. The Balaban J connectivity index is 0.00000208. The lowest BCUT2D eigenvalue weighted by atomic mass is 10.4. The summed E-state index contributed by atoms with van der Waals surface area (Å²) in [5, 5.41) is 17.0. The summed E-state index contributed by atoms with van der Waals surface area (Å²) in [6, 6.07) is 7.94. The molecule has 3 aromatic rings. The van der Waals surface area contributed by atoms with Crippen LogP contribution in [0.2, 0.25) is 0 Å². The second-order valence-corrected chi connectivity index (χ2v) is 6.74. The molecule has 0 saturated carbocycles. The molecule has 0 aliphatic rings. The van der Waals surface area contributed by atoms with Gasteiger partial charge in [0.15, 0.2) is 17.4 Å². The minimum Gasteiger partial charge on any atom is -0.357 e. The van der Waals surface area contributed by atoms with Crippen LogP contribution in [0.15, 0.2) is 45.3 Å². The molecule has 3 aromatic heterocycles. The molecule has 0 saturated heterocycles. The van der Waals surface area contributed by atoms with Crippen LogP contribution >= 0.6 is 51.2 Å². The lowest BCUT2D eigenvalue weighted by Gasteiger charge is -2.10. The topological polar surface area (TPSA) is 66.6 Å². The summed E-state index contributed by atoms with van der Waals surface area (Å²) >= 11 is 5.18. The predicted molar refractivity (Wildman–Crippen MR) is 112 cm³/mol. The Hall–Kier alpha value is -1.20. The molecular formula is C15H18BrIN6S. The van der Waals surface area contributed by atoms with Crippen molar-refractivity contribution in [3.05, 3.63) is 51.0 Å². The average Bonchev–Trinajstić information content (AvgIpc) is 3.16. The van der Waals surface area contributed by atoms with Crippen molar-refractivity contribution in [2.75, 3.05) is 6.54 Å². The molecule has 128 valence electrons. The maximum Gasteiger partial charge on any atom is 0.191 e. The first kappa shape index (κ1) is 19.1. The monoisotopic (exact) mass is 520 g/mol. The second kappa shape index (κ2) is 9.33. The summed E-state index contributed by atoms with van der Waals surface area (Å²) in [7, 11) is 0. The maximum absolute atomic E-state index is 4.59. The molecule has 0 unspecified atom stereocenters. The van der Waals surface area contributed by atoms with E-state index in [1.165, 1.54) is 4.88 Å². The Morgan fingerprint density at radius 3 is 2.96 bits per heavy atom. The number of nitrogens with zero attached hydrogens (tertiary/aromatic N) is 4. The fraction of sp³-hybridized carbons (Fsp3) is 0.267. The van der Waals surface area contributed by atoms with Crippen molar-refractivity contribution >= 4 is 62.9 Å². The van der Waals surface area contributed by atoms with Gasteiger partial charge in [-0.1, -0.05) is 6.07 Å². The molecule has 0 radical (unpaired) electrons. The van der Waals surface area contributed by atoms with Gasteiger partial charge in [0.1, 0.15) is 6.54 Å². The number of guanidine groups is 1. The summed E-state index contributed by atoms with van der Waals surface area (Å²) < 4.78 is 3.06. The zero-order chi connectivity index (χ0) is 16.1. The zero-order valence-corrected chi connectivity index (χ0v) is 17.8. The number of hydrogen-bond donors (Lipinski definition) is 2. The van der Waals surface area contributed by atoms with Crippen LogP contribution in [0, 0.1) is 0 Å². The van der Waals surface area contributed by atoms with E-state index < -0.39 is 0 Å². The Bertz CT molecular complexity index is 815. The van der Waals surface area contributed by atoms with Crippen molar-refractivity contribution in [2.24, 2.45) is 4.99 Å². The lowest BCUT2D eigenvalue weighted by molar-refractivity contribution is 0.804. The van der Waals surface area contributed by atoms with E-state index in [1.54, 1.807) is 11.3 Å². The predicted octanol–water partition coefficient (Wildman–Crippen LogP) is 3.43. The van der Waals surface area contributed by atoms with E-state index >= 15 is 0 Å². The molecular weight excluding hydrogens is 503 g/mol. The van der Waals surface area contributed by atoms with Gasteiger partial charge in [0.2, 0.25) is 0 Å². The van der Waals surface area contributed by atoms with Gasteiger partial charge in [0.25, 0.3) is 0 Å². The van der Waals surface area contributed by atoms with Gasteiger partial charge in [-0.2, -0.15) is 0 Å². The first-order chi connectivity index (χ1) is 11.3. The molecule has 6 nitrogen and oxygen atoms in total. The van der Waals surface area contributed by atoms with E-state index in [0.29, 0.717) is 6.54 Å². The van der Waals surface area contributed by atoms with Crippen LogP contribution in [0.5, 0.6) is 0 Å². The van der Waals surface area contributed by atoms with Crippen molar-refractivity contribution in [2.45, 2.75) is 20.0 Å². The lowest BCUT2D eigenvalue weighted by Crippen LogP contribution is -2.36. The molecule has 0 atom stereocenters. The van der Waals surface area contributed by atoms with Gasteiger partial charge in [0, 0.05) is 27.5 Å². The first-order valence-corrected chi connectivity index (χ1v) is 8.97. The largest absolute Gasteiger partial charge is 0.357 e. The highest BCUT2D eigenvalue weighted by Gasteiger charge is 2.05. The molecule has 0 aromatic carbocycles. The van der Waals surface area contributed by atoms with E-state index in [1.807, 2.05) is 35.7 Å². The van der Waals surface area contributed by atoms with Crippen molar-refractivity contribution in [3.63, 3.8) is 0 Å². The number of aliphatic imine (C=N–C) groups is 1. The Labute approximate surface area is 169 Å². The molecule has 0 spiro atoms. The van der Waals surface area contributed by atoms with Gasteiger partial charge in [-0.3, -0.25) is 4.40 Å². The quantitative estimate of drug-likeness (QED) is 0.307. The summed E-state index contributed by atoms with van der Waals surface area (Å²) in [5.74, 6) is 1.58. The van der Waals surface area contributed by atoms with Crippen LogP contribution in [-0.2, 0) is 13.1 Å². The Morgan fingerprint density at radius 2 is 2.21 bits per heavy atom. The van der Waals surface area contributed by atoms with Crippen molar-refractivity contribution in [3.8, 4) is 0 Å². The van der Waals surface area contributed by atoms with Crippen LogP contribution in [0.1, 0.15) is 17.6 Å². The first-order valence-electron chi connectivity index (χ1n) is 7.30. The normalized spacial score (nSPS) is 11.3. The van der Waals surface area contributed by atoms with E-state index in [2.05, 4.69) is 53.2 Å². The Kier molecular flexibility index (Phi) is 7.43. The zero-order valence-electron chi connectivity index (χ0n) is 13.1. The van der Waals surface area contributed by atoms with Crippen LogP contribution < -0.4 is 10.6 Å². The summed E-state index contributed by atoms with van der Waals surface area (Å²) in [6.07, 6.45) is 1.95. The molecule has 9 heteroatoms. The van der Waals surface area contributed by atoms with E-state index in [0.717, 1.165) is 35.0 Å². The third-order valence-corrected chi connectivity index (χ3v) is 4.86. The van der Waals surface area contributed by atoms with E-state index in [9.17, 15) is 0 Å². The second-order valence-electron chi connectivity index (χ2n) is 4.83. The minimum absolute atomic E-state index is 0. The fourth-order valence-corrected chi connectivity index (χ4v) is 3.50. The van der Waals surface area contributed by atoms with Crippen LogP contribution in [0.4, 0.5) is 0 Å². The number of pyridine rings is 1. The Morgan fingerprint density at radius 1 is 1.33 bits per heavy atom. The van der Waals surface area contributed by atoms with Gasteiger partial charge in [-0.05, 0) is 41.1 Å². The highest BCUT2D eigenvalue weighted by Crippen LogP contribution is 2.19. The van der Waals surface area contributed by atoms with Gasteiger partial charge >= 0.3 is 0 Å². The van der Waals surface area contributed by atoms with Crippen molar-refractivity contribution in [1.82, 2.24) is 25.2 Å². The average molecular weight is 521 g/mol. The standard InChI is InChI=1S/C15H17BrN6S.HI/c1-2-17-15(18-8-12-7-11(16)10-23-12)19-9-14-21-20-13-5-3-4-6-22(13)14;/h3-7,10H,2,8-9H2,1H3,(H2,17,18,19);1H. The molecule has 3 rings (SSSR count). The third kappa shape index (κ3) is 4.90. The van der Waals surface area contributed by atoms with Crippen LogP contribution in [0.25, 0.3) is 5.65 Å². The highest BCUT2D eigenvalue weighted by atomic mass is 127. The number of aromatic nitrogens is 3. The summed E-state index contributed by atoms with van der Waals surface area (Å²) in [4.78, 5) is 5.84. The SMILES string of the molecule is CCNC(=NCc1nnc2ccccn12)NCc1cc(Br)cs1.I. The summed E-state index contributed by atoms with van der Waals surface area (Å²) in [6.45, 7) is 4.06. The number of nitrogens with one attached hydrogen (secondary N) is 2. The molecule has 2 N–H and O–H groups in total. The van der Waals surface area contributed by atoms with Gasteiger partial charge in [0.05, 0.1) is 6.54 Å². The van der Waals surface area contributed by atoms with Crippen LogP contribution in [-0.4, -0.2) is 27.1 Å². The van der Waals surface area contributed by atoms with Gasteiger partial charge in [-0.15, -0.1) is 45.5 Å². The molecule has 0 fully saturated rings. The molecule has 0 aliphatic carbocycles. The summed E-state index contributed by atoms with van der Waals surface area (Å²) in [5.41, 5.74) is 0.832. The minimum atomic E-state index is 0. The molecule has 3 heterocycles. The number of rotatable bonds is 5. The smallest absolute Gasteiger partial charge is 0.191 e. The number of hydrogen-bond acceptors (Lipinski definition) is 4. The molecule has 0 aliphatic heterocycles. The van der Waals surface area contributed by atoms with Crippen molar-refractivity contribution < 1.29 is 0 Å². The van der Waals surface area contributed by atoms with E-state index in [4.69, 9.17) is 0 Å². The number of fused-ring (bicyclic) bond motifs is 1. The third-order valence-electron chi connectivity index (χ3n) is 3.16. The highest BCUT2D eigenvalue weighted by molar-refractivity contribution is 14.0. The maximum atomic E-state index is 4.59. The van der Waals surface area contributed by atoms with E-state index in [-0.39, 0.29) is 24.0 Å². The molecule has 0 bridgehead atoms. The van der Waals surface area contributed by atoms with Gasteiger partial charge < -0.3 is 10.6 Å². The molecule has 0 amide bonds. The number of halogens is 2. The van der Waals surface area contributed by atoms with Crippen LogP contribution in [0.3, 0.4) is 0 Å². The van der Waals surface area contributed by atoms with Gasteiger partial charge in [-0.25, -0.2) is 4.99 Å². The fourth-order valence-electron chi connectivity index (χ4n) is 2.11.